The number of carbonyl (C=O) groups excluding carboxylic acids is 1. The molecular formula is C19H20FN3O3. The van der Waals surface area contributed by atoms with E-state index < -0.39 is 5.79 Å². The van der Waals surface area contributed by atoms with Gasteiger partial charge in [-0.05, 0) is 30.3 Å². The van der Waals surface area contributed by atoms with Crippen LogP contribution < -0.4 is 5.32 Å². The van der Waals surface area contributed by atoms with Gasteiger partial charge in [-0.3, -0.25) is 4.79 Å². The van der Waals surface area contributed by atoms with Crippen LogP contribution in [0.2, 0.25) is 0 Å². The quantitative estimate of drug-likeness (QED) is 0.915. The highest BCUT2D eigenvalue weighted by molar-refractivity contribution is 5.95. The summed E-state index contributed by atoms with van der Waals surface area (Å²) in [4.78, 5) is 18.8. The second-order valence-corrected chi connectivity index (χ2v) is 6.46. The molecule has 4 rings (SSSR count). The summed E-state index contributed by atoms with van der Waals surface area (Å²) < 4.78 is 24.7. The molecule has 1 aromatic carbocycles. The van der Waals surface area contributed by atoms with Crippen molar-refractivity contribution in [2.45, 2.75) is 18.6 Å². The Kier molecular flexibility index (Phi) is 4.57. The number of pyridine rings is 1. The van der Waals surface area contributed by atoms with Crippen molar-refractivity contribution in [3.63, 3.8) is 0 Å². The van der Waals surface area contributed by atoms with Crippen molar-refractivity contribution < 1.29 is 18.7 Å². The Bertz CT molecular complexity index is 798. The average molecular weight is 357 g/mol. The van der Waals surface area contributed by atoms with E-state index in [1.165, 1.54) is 12.1 Å². The molecule has 0 bridgehead atoms. The summed E-state index contributed by atoms with van der Waals surface area (Å²) >= 11 is 0. The number of anilines is 2. The number of carbonyl (C=O) groups is 1. The lowest BCUT2D eigenvalue weighted by Gasteiger charge is -2.37. The van der Waals surface area contributed by atoms with Crippen LogP contribution in [0.1, 0.15) is 23.2 Å². The van der Waals surface area contributed by atoms with Crippen LogP contribution in [0, 0.1) is 5.82 Å². The van der Waals surface area contributed by atoms with Gasteiger partial charge < -0.3 is 19.7 Å². The summed E-state index contributed by atoms with van der Waals surface area (Å²) in [6, 6.07) is 9.47. The summed E-state index contributed by atoms with van der Waals surface area (Å²) in [5, 5.41) is 3.02. The Labute approximate surface area is 150 Å². The molecule has 0 aliphatic carbocycles. The molecular weight excluding hydrogens is 337 g/mol. The van der Waals surface area contributed by atoms with E-state index in [1.54, 1.807) is 35.4 Å². The molecule has 0 radical (unpaired) electrons. The maximum absolute atomic E-state index is 13.3. The molecule has 2 saturated heterocycles. The number of nitrogens with zero attached hydrogens (tertiary/aromatic N) is 2. The predicted molar refractivity (Wildman–Crippen MR) is 93.7 cm³/mol. The highest BCUT2D eigenvalue weighted by atomic mass is 19.1. The van der Waals surface area contributed by atoms with Crippen molar-refractivity contribution in [1.29, 1.82) is 0 Å². The zero-order valence-electron chi connectivity index (χ0n) is 14.3. The molecule has 0 unspecified atom stereocenters. The van der Waals surface area contributed by atoms with Gasteiger partial charge in [-0.1, -0.05) is 6.07 Å². The number of ether oxygens (including phenoxy) is 2. The largest absolute Gasteiger partial charge is 0.347 e. The van der Waals surface area contributed by atoms with Gasteiger partial charge in [-0.15, -0.1) is 0 Å². The molecule has 7 heteroatoms. The normalized spacial score (nSPS) is 18.9. The van der Waals surface area contributed by atoms with Gasteiger partial charge >= 0.3 is 0 Å². The minimum absolute atomic E-state index is 0.0532. The molecule has 2 aliphatic rings. The zero-order valence-corrected chi connectivity index (χ0v) is 14.3. The van der Waals surface area contributed by atoms with Gasteiger partial charge in [0.15, 0.2) is 5.79 Å². The number of hydrogen-bond acceptors (Lipinski definition) is 5. The number of hydrogen-bond donors (Lipinski definition) is 1. The summed E-state index contributed by atoms with van der Waals surface area (Å²) in [7, 11) is 0. The van der Waals surface area contributed by atoms with Gasteiger partial charge in [0.2, 0.25) is 0 Å². The Morgan fingerprint density at radius 1 is 1.15 bits per heavy atom. The molecule has 2 aliphatic heterocycles. The lowest BCUT2D eigenvalue weighted by Crippen LogP contribution is -2.47. The molecule has 2 fully saturated rings. The van der Waals surface area contributed by atoms with Crippen LogP contribution in [0.5, 0.6) is 0 Å². The Balaban J connectivity index is 1.43. The summed E-state index contributed by atoms with van der Waals surface area (Å²) in [5.41, 5.74) is 1.13. The summed E-state index contributed by atoms with van der Waals surface area (Å²) in [6.07, 6.45) is 2.93. The maximum atomic E-state index is 13.3. The van der Waals surface area contributed by atoms with E-state index in [2.05, 4.69) is 10.3 Å². The van der Waals surface area contributed by atoms with Crippen molar-refractivity contribution in [2.75, 3.05) is 31.6 Å². The van der Waals surface area contributed by atoms with E-state index in [4.69, 9.17) is 9.47 Å². The lowest BCUT2D eigenvalue weighted by molar-refractivity contribution is -0.181. The third-order valence-corrected chi connectivity index (χ3v) is 4.73. The van der Waals surface area contributed by atoms with Gasteiger partial charge in [-0.2, -0.15) is 0 Å². The van der Waals surface area contributed by atoms with Crippen molar-refractivity contribution in [2.24, 2.45) is 0 Å². The first-order chi connectivity index (χ1) is 12.6. The van der Waals surface area contributed by atoms with E-state index in [0.29, 0.717) is 56.2 Å². The first kappa shape index (κ1) is 16.9. The van der Waals surface area contributed by atoms with Crippen LogP contribution in [0.25, 0.3) is 0 Å². The van der Waals surface area contributed by atoms with E-state index in [0.717, 1.165) is 0 Å². The van der Waals surface area contributed by atoms with Crippen molar-refractivity contribution in [3.8, 4) is 0 Å². The Morgan fingerprint density at radius 2 is 1.92 bits per heavy atom. The number of benzene rings is 1. The van der Waals surface area contributed by atoms with Gasteiger partial charge in [0.1, 0.15) is 11.6 Å². The van der Waals surface area contributed by atoms with Crippen LogP contribution in [-0.4, -0.2) is 47.9 Å². The van der Waals surface area contributed by atoms with Gasteiger partial charge in [0, 0.05) is 43.4 Å². The topological polar surface area (TPSA) is 63.7 Å². The average Bonchev–Trinajstić information content (AvgIpc) is 3.10. The summed E-state index contributed by atoms with van der Waals surface area (Å²) in [5.74, 6) is -0.389. The van der Waals surface area contributed by atoms with Gasteiger partial charge in [0.05, 0.1) is 13.2 Å². The number of likely N-dealkylation sites (tertiary alicyclic amines) is 1. The minimum atomic E-state index is -0.501. The number of aromatic nitrogens is 1. The highest BCUT2D eigenvalue weighted by Gasteiger charge is 2.40. The molecule has 3 heterocycles. The van der Waals surface area contributed by atoms with E-state index >= 15 is 0 Å². The molecule has 1 amide bonds. The van der Waals surface area contributed by atoms with Crippen LogP contribution >= 0.6 is 0 Å². The third-order valence-electron chi connectivity index (χ3n) is 4.73. The smallest absolute Gasteiger partial charge is 0.254 e. The fraction of sp³-hybridized carbons (Fsp3) is 0.368. The van der Waals surface area contributed by atoms with Crippen molar-refractivity contribution in [3.05, 3.63) is 54.0 Å². The molecule has 136 valence electrons. The van der Waals surface area contributed by atoms with E-state index in [-0.39, 0.29) is 11.7 Å². The molecule has 0 saturated carbocycles. The van der Waals surface area contributed by atoms with Gasteiger partial charge in [0.25, 0.3) is 5.91 Å². The number of rotatable bonds is 3. The standard InChI is InChI=1S/C19H20FN3O3/c20-15-2-1-3-16(13-15)22-17-12-14(4-7-21-17)18(24)23-8-5-19(6-9-23)25-10-11-26-19/h1-4,7,12-13H,5-6,8-11H2,(H,21,22). The first-order valence-corrected chi connectivity index (χ1v) is 8.69. The van der Waals surface area contributed by atoms with Crippen LogP contribution in [0.4, 0.5) is 15.9 Å². The number of amides is 1. The summed E-state index contributed by atoms with van der Waals surface area (Å²) in [6.45, 7) is 2.42. The Morgan fingerprint density at radius 3 is 2.65 bits per heavy atom. The molecule has 6 nitrogen and oxygen atoms in total. The van der Waals surface area contributed by atoms with Crippen LogP contribution in [-0.2, 0) is 9.47 Å². The fourth-order valence-corrected chi connectivity index (χ4v) is 3.36. The predicted octanol–water partition coefficient (Wildman–Crippen LogP) is 2.94. The second-order valence-electron chi connectivity index (χ2n) is 6.46. The minimum Gasteiger partial charge on any atom is -0.347 e. The monoisotopic (exact) mass is 357 g/mol. The number of piperidine rings is 1. The Hall–Kier alpha value is -2.51. The second kappa shape index (κ2) is 7.01. The lowest BCUT2D eigenvalue weighted by atomic mass is 10.0. The molecule has 1 aromatic heterocycles. The maximum Gasteiger partial charge on any atom is 0.254 e. The van der Waals surface area contributed by atoms with Crippen LogP contribution in [0.15, 0.2) is 42.6 Å². The first-order valence-electron chi connectivity index (χ1n) is 8.69. The number of halogens is 1. The number of nitrogens with one attached hydrogen (secondary N) is 1. The van der Waals surface area contributed by atoms with Crippen molar-refractivity contribution in [1.82, 2.24) is 9.88 Å². The molecule has 0 atom stereocenters. The van der Waals surface area contributed by atoms with E-state index in [1.807, 2.05) is 0 Å². The fourth-order valence-electron chi connectivity index (χ4n) is 3.36. The SMILES string of the molecule is O=C(c1ccnc(Nc2cccc(F)c2)c1)N1CCC2(CC1)OCCO2. The zero-order chi connectivity index (χ0) is 18.0. The highest BCUT2D eigenvalue weighted by Crippen LogP contribution is 2.31. The molecule has 1 N–H and O–H groups in total. The van der Waals surface area contributed by atoms with E-state index in [9.17, 15) is 9.18 Å². The molecule has 26 heavy (non-hydrogen) atoms. The molecule has 2 aromatic rings. The van der Waals surface area contributed by atoms with Crippen LogP contribution in [0.3, 0.4) is 0 Å². The molecule has 1 spiro atoms. The van der Waals surface area contributed by atoms with Gasteiger partial charge in [-0.25, -0.2) is 9.37 Å². The van der Waals surface area contributed by atoms with Crippen molar-refractivity contribution >= 4 is 17.4 Å². The third kappa shape index (κ3) is 3.54.